The molecule has 0 aliphatic carbocycles. The summed E-state index contributed by atoms with van der Waals surface area (Å²) in [6.07, 6.45) is 0.669. The van der Waals surface area contributed by atoms with Gasteiger partial charge in [-0.05, 0) is 36.3 Å². The van der Waals surface area contributed by atoms with Crippen molar-refractivity contribution in [2.24, 2.45) is 0 Å². The summed E-state index contributed by atoms with van der Waals surface area (Å²) in [5.74, 6) is 0.246. The van der Waals surface area contributed by atoms with Crippen LogP contribution in [0.1, 0.15) is 18.1 Å². The minimum absolute atomic E-state index is 0.152. The highest BCUT2D eigenvalue weighted by atomic mass is 16.5. The molecule has 0 spiro atoms. The van der Waals surface area contributed by atoms with Gasteiger partial charge in [-0.25, -0.2) is 4.79 Å². The van der Waals surface area contributed by atoms with Crippen LogP contribution < -0.4 is 4.74 Å². The van der Waals surface area contributed by atoms with Crippen molar-refractivity contribution in [3.8, 4) is 5.75 Å². The Morgan fingerprint density at radius 3 is 2.28 bits per heavy atom. The molecule has 0 amide bonds. The molecular weight excluding hydrogens is 408 g/mol. The molecule has 2 unspecified atom stereocenters. The molecule has 0 bridgehead atoms. The van der Waals surface area contributed by atoms with Crippen molar-refractivity contribution in [1.82, 2.24) is 9.80 Å². The van der Waals surface area contributed by atoms with E-state index < -0.39 is 18.3 Å². The largest absolute Gasteiger partial charge is 0.472 e. The van der Waals surface area contributed by atoms with Crippen LogP contribution in [0.5, 0.6) is 5.75 Å². The second-order valence-electron chi connectivity index (χ2n) is 7.83. The number of nitrogens with zero attached hydrogens (tertiary/aromatic N) is 2. The average Bonchev–Trinajstić information content (AvgIpc) is 2.82. The van der Waals surface area contributed by atoms with E-state index in [0.29, 0.717) is 17.9 Å². The number of β-amino-alcohol motifs (C(OH)–C–C–N with tert-alkyl or cyclic N) is 1. The number of piperazine rings is 1. The molecular formula is C25H32N2O5. The van der Waals surface area contributed by atoms with E-state index in [1.807, 2.05) is 54.6 Å². The molecule has 1 heterocycles. The molecule has 1 fully saturated rings. The van der Waals surface area contributed by atoms with Crippen LogP contribution in [0.25, 0.3) is 11.6 Å². The Morgan fingerprint density at radius 2 is 1.72 bits per heavy atom. The van der Waals surface area contributed by atoms with Gasteiger partial charge < -0.3 is 19.7 Å². The minimum Gasteiger partial charge on any atom is -0.472 e. The highest BCUT2D eigenvalue weighted by molar-refractivity contribution is 6.21. The molecule has 7 nitrogen and oxygen atoms in total. The number of benzene rings is 2. The zero-order valence-electron chi connectivity index (χ0n) is 18.7. The maximum absolute atomic E-state index is 12.3. The number of carbonyl (C=O) groups is 1. The van der Waals surface area contributed by atoms with Crippen molar-refractivity contribution in [2.45, 2.75) is 19.3 Å². The number of ether oxygens (including phenoxy) is 2. The lowest BCUT2D eigenvalue weighted by atomic mass is 10.0. The summed E-state index contributed by atoms with van der Waals surface area (Å²) in [6, 6.07) is 16.8. The maximum atomic E-state index is 12.3. The zero-order valence-corrected chi connectivity index (χ0v) is 18.7. The number of esters is 1. The molecule has 7 heteroatoms. The van der Waals surface area contributed by atoms with Gasteiger partial charge in [0.1, 0.15) is 11.9 Å². The Bertz CT molecular complexity index is 875. The Hall–Kier alpha value is -2.71. The first kappa shape index (κ1) is 23.9. The Kier molecular flexibility index (Phi) is 8.81. The van der Waals surface area contributed by atoms with Crippen molar-refractivity contribution in [1.29, 1.82) is 0 Å². The molecule has 2 aromatic rings. The lowest BCUT2D eigenvalue weighted by Crippen LogP contribution is -2.55. The zero-order chi connectivity index (χ0) is 22.9. The van der Waals surface area contributed by atoms with Gasteiger partial charge in [-0.2, -0.15) is 0 Å². The predicted molar refractivity (Wildman–Crippen MR) is 124 cm³/mol. The van der Waals surface area contributed by atoms with Crippen LogP contribution >= 0.6 is 0 Å². The van der Waals surface area contributed by atoms with E-state index >= 15 is 0 Å². The maximum Gasteiger partial charge on any atom is 0.338 e. The van der Waals surface area contributed by atoms with Crippen molar-refractivity contribution in [3.05, 3.63) is 65.7 Å². The van der Waals surface area contributed by atoms with Crippen molar-refractivity contribution in [2.75, 3.05) is 46.4 Å². The van der Waals surface area contributed by atoms with Crippen molar-refractivity contribution in [3.63, 3.8) is 0 Å². The lowest BCUT2D eigenvalue weighted by molar-refractivity contribution is -0.133. The number of aliphatic hydroxyl groups is 2. The van der Waals surface area contributed by atoms with E-state index in [-0.39, 0.29) is 6.61 Å². The van der Waals surface area contributed by atoms with Crippen LogP contribution in [0.4, 0.5) is 0 Å². The fourth-order valence-electron chi connectivity index (χ4n) is 3.80. The molecule has 1 aliphatic rings. The van der Waals surface area contributed by atoms with Gasteiger partial charge in [0.2, 0.25) is 0 Å². The van der Waals surface area contributed by atoms with E-state index in [4.69, 9.17) is 14.6 Å². The monoisotopic (exact) mass is 440 g/mol. The number of carbonyl (C=O) groups excluding carboxylic acids is 1. The Morgan fingerprint density at radius 1 is 1.06 bits per heavy atom. The highest BCUT2D eigenvalue weighted by Crippen LogP contribution is 2.23. The number of methoxy groups -OCH3 is 1. The molecule has 2 N–H and O–H groups in total. The van der Waals surface area contributed by atoms with Gasteiger partial charge >= 0.3 is 5.97 Å². The second kappa shape index (κ2) is 11.8. The first-order chi connectivity index (χ1) is 15.5. The smallest absolute Gasteiger partial charge is 0.338 e. The highest BCUT2D eigenvalue weighted by Gasteiger charge is 2.28. The summed E-state index contributed by atoms with van der Waals surface area (Å²) < 4.78 is 11.1. The van der Waals surface area contributed by atoms with E-state index in [2.05, 4.69) is 9.80 Å². The summed E-state index contributed by atoms with van der Waals surface area (Å²) >= 11 is 0. The predicted octanol–water partition coefficient (Wildman–Crippen LogP) is 2.10. The third kappa shape index (κ3) is 6.40. The first-order valence-corrected chi connectivity index (χ1v) is 10.9. The third-order valence-electron chi connectivity index (χ3n) is 5.53. The van der Waals surface area contributed by atoms with Crippen molar-refractivity contribution < 1.29 is 24.5 Å². The van der Waals surface area contributed by atoms with Gasteiger partial charge in [0.25, 0.3) is 0 Å². The lowest BCUT2D eigenvalue weighted by Gasteiger charge is -2.39. The molecule has 1 aliphatic heterocycles. The van der Waals surface area contributed by atoms with E-state index in [0.717, 1.165) is 37.3 Å². The summed E-state index contributed by atoms with van der Waals surface area (Å²) in [5.41, 5.74) is 2.10. The standard InChI is InChI=1S/C25H32N2O5/c1-19(29)24(27-14-12-26(13-15-27)16-17-28)32-22-10-8-20(9-11-22)18-23(25(30)31-2)21-6-4-3-5-7-21/h3-11,18-19,24,28-29H,12-17H2,1-2H3. The average molecular weight is 441 g/mol. The summed E-state index contributed by atoms with van der Waals surface area (Å²) in [7, 11) is 1.37. The van der Waals surface area contributed by atoms with Crippen LogP contribution in [0.15, 0.2) is 54.6 Å². The Balaban J connectivity index is 1.71. The molecule has 32 heavy (non-hydrogen) atoms. The summed E-state index contributed by atoms with van der Waals surface area (Å²) in [5, 5.41) is 19.4. The molecule has 3 rings (SSSR count). The molecule has 0 saturated carbocycles. The topological polar surface area (TPSA) is 82.5 Å². The van der Waals surface area contributed by atoms with Gasteiger partial charge in [-0.3, -0.25) is 9.80 Å². The number of hydrogen-bond donors (Lipinski definition) is 2. The summed E-state index contributed by atoms with van der Waals surface area (Å²) in [6.45, 7) is 5.72. The van der Waals surface area contributed by atoms with E-state index in [1.165, 1.54) is 7.11 Å². The molecule has 2 atom stereocenters. The van der Waals surface area contributed by atoms with Crippen LogP contribution in [0.2, 0.25) is 0 Å². The van der Waals surface area contributed by atoms with Crippen LogP contribution in [-0.2, 0) is 9.53 Å². The second-order valence-corrected chi connectivity index (χ2v) is 7.83. The normalized spacial score (nSPS) is 17.6. The fourth-order valence-corrected chi connectivity index (χ4v) is 3.80. The molecule has 0 radical (unpaired) electrons. The van der Waals surface area contributed by atoms with Crippen molar-refractivity contribution >= 4 is 17.6 Å². The molecule has 0 aromatic heterocycles. The van der Waals surface area contributed by atoms with Gasteiger partial charge in [0.05, 0.1) is 19.3 Å². The van der Waals surface area contributed by atoms with Crippen LogP contribution in [0.3, 0.4) is 0 Å². The number of aliphatic hydroxyl groups excluding tert-OH is 2. The van der Waals surface area contributed by atoms with E-state index in [1.54, 1.807) is 13.0 Å². The number of rotatable bonds is 9. The molecule has 2 aromatic carbocycles. The SMILES string of the molecule is COC(=O)C(=Cc1ccc(OC(C(C)O)N2CCN(CCO)CC2)cc1)c1ccccc1. The van der Waals surface area contributed by atoms with Crippen LogP contribution in [0, 0.1) is 0 Å². The fraction of sp³-hybridized carbons (Fsp3) is 0.400. The van der Waals surface area contributed by atoms with Gasteiger partial charge in [0.15, 0.2) is 6.23 Å². The first-order valence-electron chi connectivity index (χ1n) is 10.9. The van der Waals surface area contributed by atoms with Gasteiger partial charge in [0, 0.05) is 32.7 Å². The Labute approximate surface area is 189 Å². The number of hydrogen-bond acceptors (Lipinski definition) is 7. The van der Waals surface area contributed by atoms with Gasteiger partial charge in [-0.15, -0.1) is 0 Å². The quantitative estimate of drug-likeness (QED) is 0.351. The van der Waals surface area contributed by atoms with Crippen LogP contribution in [-0.4, -0.2) is 84.8 Å². The molecule has 172 valence electrons. The summed E-state index contributed by atoms with van der Waals surface area (Å²) in [4.78, 5) is 16.6. The van der Waals surface area contributed by atoms with E-state index in [9.17, 15) is 9.90 Å². The minimum atomic E-state index is -0.664. The van der Waals surface area contributed by atoms with Gasteiger partial charge in [-0.1, -0.05) is 42.5 Å². The third-order valence-corrected chi connectivity index (χ3v) is 5.53. The molecule has 1 saturated heterocycles.